The van der Waals surface area contributed by atoms with Gasteiger partial charge < -0.3 is 10.9 Å². The van der Waals surface area contributed by atoms with Crippen LogP contribution in [0.5, 0.6) is 0 Å². The molecule has 1 aromatic heterocycles. The van der Waals surface area contributed by atoms with E-state index in [1.807, 2.05) is 29.1 Å². The maximum atomic E-state index is 8.65. The number of hydrogen-bond donors (Lipinski definition) is 2. The Morgan fingerprint density at radius 1 is 1.43 bits per heavy atom. The number of rotatable bonds is 5. The highest BCUT2D eigenvalue weighted by atomic mass is 16.4. The first kappa shape index (κ1) is 16.4. The number of hydrogen-bond acceptors (Lipinski definition) is 5. The van der Waals surface area contributed by atoms with Crippen molar-refractivity contribution in [1.29, 1.82) is 0 Å². The Labute approximate surface area is 122 Å². The molecule has 7 heteroatoms. The molecule has 0 saturated heterocycles. The molecule has 0 fully saturated rings. The van der Waals surface area contributed by atoms with Gasteiger partial charge >= 0.3 is 6.15 Å². The molecule has 2 aromatic rings. The summed E-state index contributed by atoms with van der Waals surface area (Å²) >= 11 is 0. The number of aromatic nitrogens is 2. The predicted molar refractivity (Wildman–Crippen MR) is 76.8 cm³/mol. The lowest BCUT2D eigenvalue weighted by atomic mass is 10.1. The van der Waals surface area contributed by atoms with Crippen LogP contribution >= 0.6 is 0 Å². The van der Waals surface area contributed by atoms with E-state index >= 15 is 0 Å². The molecule has 0 atom stereocenters. The van der Waals surface area contributed by atoms with Crippen molar-refractivity contribution >= 4 is 22.9 Å². The number of amidine groups is 1. The van der Waals surface area contributed by atoms with Gasteiger partial charge in [0.1, 0.15) is 0 Å². The predicted octanol–water partition coefficient (Wildman–Crippen LogP) is 1.74. The summed E-state index contributed by atoms with van der Waals surface area (Å²) < 4.78 is 2.00. The molecule has 2 rings (SSSR count). The monoisotopic (exact) mass is 290 g/mol. The van der Waals surface area contributed by atoms with Gasteiger partial charge in [0.15, 0.2) is 5.84 Å². The van der Waals surface area contributed by atoms with Gasteiger partial charge in [-0.1, -0.05) is 24.9 Å². The average Bonchev–Trinajstić information content (AvgIpc) is 2.90. The summed E-state index contributed by atoms with van der Waals surface area (Å²) in [7, 11) is 0. The maximum absolute atomic E-state index is 8.65. The Bertz CT molecular complexity index is 643. The van der Waals surface area contributed by atoms with Crippen LogP contribution < -0.4 is 5.73 Å². The summed E-state index contributed by atoms with van der Waals surface area (Å²) in [6.45, 7) is 3.12. The average molecular weight is 290 g/mol. The van der Waals surface area contributed by atoms with Crippen LogP contribution in [0.1, 0.15) is 31.7 Å². The van der Waals surface area contributed by atoms with Crippen molar-refractivity contribution in [1.82, 2.24) is 9.78 Å². The van der Waals surface area contributed by atoms with Gasteiger partial charge in [-0.3, -0.25) is 4.68 Å². The first-order valence-electron chi connectivity index (χ1n) is 6.60. The zero-order chi connectivity index (χ0) is 15.7. The van der Waals surface area contributed by atoms with E-state index in [4.69, 9.17) is 20.5 Å². The van der Waals surface area contributed by atoms with E-state index in [0.29, 0.717) is 5.56 Å². The summed E-state index contributed by atoms with van der Waals surface area (Å²) in [5.41, 5.74) is 7.35. The standard InChI is InChI=1S/C13H18N4O.CO2/c1-2-3-4-7-17-12-6-5-10(13(14)16-18)8-11(12)9-15-17;2-1-3/h5-6,8-9,18H,2-4,7H2,1H3,(H2,14,16);. The second kappa shape index (κ2) is 8.50. The molecule has 0 aliphatic rings. The van der Waals surface area contributed by atoms with Gasteiger partial charge in [-0.25, -0.2) is 0 Å². The lowest BCUT2D eigenvalue weighted by Crippen LogP contribution is -2.12. The molecule has 0 saturated carbocycles. The quantitative estimate of drug-likeness (QED) is 0.286. The van der Waals surface area contributed by atoms with Crippen molar-refractivity contribution in [2.24, 2.45) is 10.9 Å². The minimum Gasteiger partial charge on any atom is -0.409 e. The Morgan fingerprint density at radius 2 is 2.14 bits per heavy atom. The highest BCUT2D eigenvalue weighted by Gasteiger charge is 2.05. The molecule has 21 heavy (non-hydrogen) atoms. The van der Waals surface area contributed by atoms with Crippen LogP contribution in [-0.2, 0) is 16.1 Å². The van der Waals surface area contributed by atoms with E-state index in [-0.39, 0.29) is 12.0 Å². The second-order valence-electron chi connectivity index (χ2n) is 4.42. The Kier molecular flexibility index (Phi) is 6.63. The van der Waals surface area contributed by atoms with Crippen molar-refractivity contribution in [3.63, 3.8) is 0 Å². The largest absolute Gasteiger partial charge is 0.409 e. The van der Waals surface area contributed by atoms with Gasteiger partial charge in [-0.15, -0.1) is 0 Å². The van der Waals surface area contributed by atoms with Crippen LogP contribution in [0, 0.1) is 0 Å². The highest BCUT2D eigenvalue weighted by molar-refractivity contribution is 6.00. The van der Waals surface area contributed by atoms with Crippen LogP contribution in [0.4, 0.5) is 0 Å². The third-order valence-electron chi connectivity index (χ3n) is 3.02. The lowest BCUT2D eigenvalue weighted by molar-refractivity contribution is -0.191. The van der Waals surface area contributed by atoms with E-state index in [1.54, 1.807) is 0 Å². The molecule has 0 unspecified atom stereocenters. The number of nitrogens with zero attached hydrogens (tertiary/aromatic N) is 3. The van der Waals surface area contributed by atoms with E-state index in [1.165, 1.54) is 12.8 Å². The Morgan fingerprint density at radius 3 is 2.76 bits per heavy atom. The molecular formula is C14H18N4O3. The molecule has 0 aliphatic carbocycles. The van der Waals surface area contributed by atoms with Crippen LogP contribution in [-0.4, -0.2) is 27.0 Å². The zero-order valence-electron chi connectivity index (χ0n) is 11.8. The van der Waals surface area contributed by atoms with Gasteiger partial charge in [0.25, 0.3) is 0 Å². The molecule has 7 nitrogen and oxygen atoms in total. The van der Waals surface area contributed by atoms with E-state index in [2.05, 4.69) is 17.2 Å². The molecule has 0 radical (unpaired) electrons. The van der Waals surface area contributed by atoms with E-state index in [9.17, 15) is 0 Å². The van der Waals surface area contributed by atoms with Gasteiger partial charge in [-0.2, -0.15) is 14.7 Å². The third-order valence-corrected chi connectivity index (χ3v) is 3.02. The summed E-state index contributed by atoms with van der Waals surface area (Å²) in [6.07, 6.45) is 5.61. The molecule has 112 valence electrons. The summed E-state index contributed by atoms with van der Waals surface area (Å²) in [5.74, 6) is 0.121. The number of aryl methyl sites for hydroxylation is 1. The van der Waals surface area contributed by atoms with Gasteiger partial charge in [0.05, 0.1) is 11.7 Å². The number of unbranched alkanes of at least 4 members (excludes halogenated alkanes) is 2. The summed E-state index contributed by atoms with van der Waals surface area (Å²) in [4.78, 5) is 16.2. The van der Waals surface area contributed by atoms with Crippen molar-refractivity contribution < 1.29 is 14.8 Å². The fourth-order valence-corrected chi connectivity index (χ4v) is 1.99. The van der Waals surface area contributed by atoms with Gasteiger partial charge in [-0.05, 0) is 24.6 Å². The number of oxime groups is 1. The summed E-state index contributed by atoms with van der Waals surface area (Å²) in [5, 5.41) is 17.0. The van der Waals surface area contributed by atoms with Crippen molar-refractivity contribution in [2.75, 3.05) is 0 Å². The number of nitrogens with two attached hydrogens (primary N) is 1. The molecular weight excluding hydrogens is 272 g/mol. The maximum Gasteiger partial charge on any atom is 0.373 e. The van der Waals surface area contributed by atoms with Crippen molar-refractivity contribution in [2.45, 2.75) is 32.7 Å². The molecule has 3 N–H and O–H groups in total. The molecule has 1 aromatic carbocycles. The number of fused-ring (bicyclic) bond motifs is 1. The minimum atomic E-state index is 0.121. The first-order valence-corrected chi connectivity index (χ1v) is 6.60. The molecule has 0 amide bonds. The SMILES string of the molecule is CCCCCn1ncc2cc(/C(N)=N\O)ccc21.O=C=O. The van der Waals surface area contributed by atoms with Crippen LogP contribution in [0.2, 0.25) is 0 Å². The van der Waals surface area contributed by atoms with Crippen molar-refractivity contribution in [3.8, 4) is 0 Å². The van der Waals surface area contributed by atoms with Gasteiger partial charge in [0, 0.05) is 17.5 Å². The van der Waals surface area contributed by atoms with Gasteiger partial charge in [0.2, 0.25) is 0 Å². The van der Waals surface area contributed by atoms with Crippen LogP contribution in [0.3, 0.4) is 0 Å². The highest BCUT2D eigenvalue weighted by Crippen LogP contribution is 2.16. The molecule has 0 aliphatic heterocycles. The zero-order valence-corrected chi connectivity index (χ0v) is 11.8. The molecule has 0 spiro atoms. The van der Waals surface area contributed by atoms with E-state index in [0.717, 1.165) is 23.9 Å². The van der Waals surface area contributed by atoms with Crippen LogP contribution in [0.25, 0.3) is 10.9 Å². The van der Waals surface area contributed by atoms with Crippen molar-refractivity contribution in [3.05, 3.63) is 30.0 Å². The van der Waals surface area contributed by atoms with Crippen LogP contribution in [0.15, 0.2) is 29.6 Å². The molecule has 0 bridgehead atoms. The second-order valence-corrected chi connectivity index (χ2v) is 4.42. The normalized spacial score (nSPS) is 10.8. The Balaban J connectivity index is 0.000000677. The smallest absolute Gasteiger partial charge is 0.373 e. The number of carbonyl (C=O) groups excluding carboxylic acids is 2. The topological polar surface area (TPSA) is 111 Å². The third kappa shape index (κ3) is 4.43. The molecule has 1 heterocycles. The minimum absolute atomic E-state index is 0.121. The fourth-order valence-electron chi connectivity index (χ4n) is 1.99. The lowest BCUT2D eigenvalue weighted by Gasteiger charge is -2.03. The fraction of sp³-hybridized carbons (Fsp3) is 0.357. The number of benzene rings is 1. The first-order chi connectivity index (χ1) is 10.2. The Hall–Kier alpha value is -2.66. The summed E-state index contributed by atoms with van der Waals surface area (Å²) in [6, 6.07) is 5.69. The van der Waals surface area contributed by atoms with E-state index < -0.39 is 0 Å².